The standard InChI is InChI=1S/C31H56N2O13/c1-18-26(39)28(41)22(16-34)45-30(18)43-14-8-5-11-24(37)32-13-7-4-10-21(20(3)36)33-25(38)12-6-9-15-44-31-19(2)27(40)29(42)23(17-35)46-31/h18-19,21-23,26-31,34-35,39-42H,4-17H2,1-3H3,(H,32,37)(H,33,38)/t18?,19?,21-,22?,23-,26?,27?,28?,29?,30?,31?/m1/s1. The summed E-state index contributed by atoms with van der Waals surface area (Å²) >= 11 is 0. The molecule has 15 nitrogen and oxygen atoms in total. The molecule has 2 fully saturated rings. The van der Waals surface area contributed by atoms with Crippen molar-refractivity contribution in [3.8, 4) is 0 Å². The minimum atomic E-state index is -1.19. The summed E-state index contributed by atoms with van der Waals surface area (Å²) in [6, 6.07) is -0.604. The number of amides is 2. The van der Waals surface area contributed by atoms with Gasteiger partial charge in [0, 0.05) is 44.4 Å². The summed E-state index contributed by atoms with van der Waals surface area (Å²) in [7, 11) is 0. The smallest absolute Gasteiger partial charge is 0.220 e. The number of unbranched alkanes of at least 4 members (excludes halogenated alkanes) is 3. The molecule has 0 bridgehead atoms. The molecule has 0 radical (unpaired) electrons. The van der Waals surface area contributed by atoms with Crippen LogP contribution >= 0.6 is 0 Å². The number of hydrogen-bond acceptors (Lipinski definition) is 13. The van der Waals surface area contributed by atoms with E-state index < -0.39 is 80.3 Å². The van der Waals surface area contributed by atoms with Gasteiger partial charge in [0.25, 0.3) is 0 Å². The summed E-state index contributed by atoms with van der Waals surface area (Å²) in [5, 5.41) is 64.2. The molecule has 0 aliphatic carbocycles. The average molecular weight is 665 g/mol. The first-order chi connectivity index (χ1) is 21.9. The molecule has 2 aliphatic rings. The van der Waals surface area contributed by atoms with Crippen molar-refractivity contribution in [2.45, 2.75) is 134 Å². The van der Waals surface area contributed by atoms with E-state index in [4.69, 9.17) is 18.9 Å². The third-order valence-corrected chi connectivity index (χ3v) is 8.60. The highest BCUT2D eigenvalue weighted by molar-refractivity contribution is 5.87. The van der Waals surface area contributed by atoms with Crippen LogP contribution in [0, 0.1) is 11.8 Å². The summed E-state index contributed by atoms with van der Waals surface area (Å²) in [6.45, 7) is 4.93. The molecule has 11 atom stereocenters. The Morgan fingerprint density at radius 3 is 1.63 bits per heavy atom. The van der Waals surface area contributed by atoms with Crippen molar-refractivity contribution in [3.63, 3.8) is 0 Å². The SMILES string of the molecule is CC(=O)[C@@H](CCCCNC(=O)CCCCOC1OC(CO)C(O)C(O)C1C)NC(=O)CCCCOC1O[C@H](CO)C(O)C(O)C1C. The monoisotopic (exact) mass is 664 g/mol. The fourth-order valence-corrected chi connectivity index (χ4v) is 5.43. The Morgan fingerprint density at radius 2 is 1.17 bits per heavy atom. The number of Topliss-reactive ketones (excluding diaryl/α,β-unsaturated/α-hetero) is 1. The van der Waals surface area contributed by atoms with Crippen LogP contribution in [0.5, 0.6) is 0 Å². The van der Waals surface area contributed by atoms with Crippen LogP contribution < -0.4 is 10.6 Å². The molecule has 8 N–H and O–H groups in total. The second-order valence-corrected chi connectivity index (χ2v) is 12.4. The van der Waals surface area contributed by atoms with Gasteiger partial charge >= 0.3 is 0 Å². The molecule has 2 aliphatic heterocycles. The fourth-order valence-electron chi connectivity index (χ4n) is 5.43. The average Bonchev–Trinajstić information content (AvgIpc) is 3.03. The maximum absolute atomic E-state index is 12.4. The molecule has 0 spiro atoms. The van der Waals surface area contributed by atoms with Crippen LogP contribution in [0.4, 0.5) is 0 Å². The number of carbonyl (C=O) groups is 3. The molecule has 0 aromatic carbocycles. The second kappa shape index (κ2) is 21.2. The van der Waals surface area contributed by atoms with Crippen LogP contribution in [0.25, 0.3) is 0 Å². The Bertz CT molecular complexity index is 908. The van der Waals surface area contributed by atoms with E-state index >= 15 is 0 Å². The van der Waals surface area contributed by atoms with E-state index in [0.29, 0.717) is 64.5 Å². The van der Waals surface area contributed by atoms with Crippen molar-refractivity contribution < 1.29 is 64.0 Å². The van der Waals surface area contributed by atoms with Crippen LogP contribution in [-0.4, -0.2) is 136 Å². The lowest BCUT2D eigenvalue weighted by Crippen LogP contribution is -2.55. The van der Waals surface area contributed by atoms with Crippen molar-refractivity contribution in [2.75, 3.05) is 33.0 Å². The maximum Gasteiger partial charge on any atom is 0.220 e. The number of hydrogen-bond donors (Lipinski definition) is 8. The topological polar surface area (TPSA) is 234 Å². The zero-order chi connectivity index (χ0) is 34.2. The number of carbonyl (C=O) groups excluding carboxylic acids is 3. The lowest BCUT2D eigenvalue weighted by atomic mass is 9.92. The van der Waals surface area contributed by atoms with Crippen molar-refractivity contribution >= 4 is 17.6 Å². The minimum absolute atomic E-state index is 0.104. The highest BCUT2D eigenvalue weighted by Gasteiger charge is 2.43. The van der Waals surface area contributed by atoms with E-state index in [0.717, 1.165) is 0 Å². The van der Waals surface area contributed by atoms with Crippen molar-refractivity contribution in [1.82, 2.24) is 10.6 Å². The van der Waals surface area contributed by atoms with Crippen LogP contribution in [0.1, 0.15) is 78.6 Å². The highest BCUT2D eigenvalue weighted by atomic mass is 16.7. The van der Waals surface area contributed by atoms with Gasteiger partial charge in [-0.25, -0.2) is 0 Å². The Hall–Kier alpha value is -1.79. The minimum Gasteiger partial charge on any atom is -0.394 e. The lowest BCUT2D eigenvalue weighted by Gasteiger charge is -2.40. The summed E-state index contributed by atoms with van der Waals surface area (Å²) in [5.41, 5.74) is 0. The molecule has 0 aromatic heterocycles. The number of rotatable bonds is 21. The molecule has 268 valence electrons. The van der Waals surface area contributed by atoms with Gasteiger partial charge in [0.05, 0.1) is 31.5 Å². The van der Waals surface area contributed by atoms with Gasteiger partial charge < -0.3 is 60.2 Å². The molecular weight excluding hydrogens is 608 g/mol. The molecular formula is C31H56N2O13. The number of aliphatic hydroxyl groups is 6. The molecule has 46 heavy (non-hydrogen) atoms. The normalized spacial score (nSPS) is 32.1. The molecule has 2 amide bonds. The zero-order valence-corrected chi connectivity index (χ0v) is 27.3. The largest absolute Gasteiger partial charge is 0.394 e. The number of nitrogens with one attached hydrogen (secondary N) is 2. The molecule has 2 rings (SSSR count). The molecule has 0 aromatic rings. The molecule has 0 saturated carbocycles. The van der Waals surface area contributed by atoms with Gasteiger partial charge in [-0.05, 0) is 51.9 Å². The van der Waals surface area contributed by atoms with E-state index in [1.807, 2.05) is 0 Å². The molecule has 9 unspecified atom stereocenters. The fraction of sp³-hybridized carbons (Fsp3) is 0.903. The van der Waals surface area contributed by atoms with Gasteiger partial charge in [0.15, 0.2) is 18.4 Å². The van der Waals surface area contributed by atoms with E-state index in [9.17, 15) is 45.0 Å². The summed E-state index contributed by atoms with van der Waals surface area (Å²) in [6.07, 6.45) is -3.43. The predicted molar refractivity (Wildman–Crippen MR) is 163 cm³/mol. The molecule has 2 heterocycles. The van der Waals surface area contributed by atoms with Gasteiger partial charge in [-0.1, -0.05) is 13.8 Å². The first kappa shape index (κ1) is 40.4. The van der Waals surface area contributed by atoms with E-state index in [1.165, 1.54) is 6.92 Å². The first-order valence-corrected chi connectivity index (χ1v) is 16.5. The van der Waals surface area contributed by atoms with Gasteiger partial charge in [0.1, 0.15) is 24.4 Å². The van der Waals surface area contributed by atoms with Crippen LogP contribution in [0.3, 0.4) is 0 Å². The van der Waals surface area contributed by atoms with Gasteiger partial charge in [-0.15, -0.1) is 0 Å². The quantitative estimate of drug-likeness (QED) is 0.0680. The Morgan fingerprint density at radius 1 is 0.696 bits per heavy atom. The zero-order valence-electron chi connectivity index (χ0n) is 27.3. The van der Waals surface area contributed by atoms with Crippen molar-refractivity contribution in [2.24, 2.45) is 11.8 Å². The van der Waals surface area contributed by atoms with Gasteiger partial charge in [-0.3, -0.25) is 14.4 Å². The maximum atomic E-state index is 12.4. The summed E-state index contributed by atoms with van der Waals surface area (Å²) in [5.74, 6) is -1.45. The van der Waals surface area contributed by atoms with Crippen LogP contribution in [-0.2, 0) is 33.3 Å². The lowest BCUT2D eigenvalue weighted by molar-refractivity contribution is -0.282. The van der Waals surface area contributed by atoms with E-state index in [1.54, 1.807) is 13.8 Å². The first-order valence-electron chi connectivity index (χ1n) is 16.5. The van der Waals surface area contributed by atoms with E-state index in [-0.39, 0.29) is 30.6 Å². The number of aliphatic hydroxyl groups excluding tert-OH is 6. The van der Waals surface area contributed by atoms with Crippen LogP contribution in [0.2, 0.25) is 0 Å². The third-order valence-electron chi connectivity index (χ3n) is 8.60. The van der Waals surface area contributed by atoms with Gasteiger partial charge in [-0.2, -0.15) is 0 Å². The third kappa shape index (κ3) is 13.0. The Labute approximate surface area is 270 Å². The summed E-state index contributed by atoms with van der Waals surface area (Å²) in [4.78, 5) is 36.6. The van der Waals surface area contributed by atoms with Crippen molar-refractivity contribution in [1.29, 1.82) is 0 Å². The van der Waals surface area contributed by atoms with Crippen molar-refractivity contribution in [3.05, 3.63) is 0 Å². The predicted octanol–water partition coefficient (Wildman–Crippen LogP) is -1.13. The van der Waals surface area contributed by atoms with Crippen LogP contribution in [0.15, 0.2) is 0 Å². The number of ketones is 1. The Balaban J connectivity index is 1.52. The number of ether oxygens (including phenoxy) is 4. The Kier molecular flexibility index (Phi) is 18.6. The summed E-state index contributed by atoms with van der Waals surface area (Å²) < 4.78 is 22.3. The molecule has 2 saturated heterocycles. The van der Waals surface area contributed by atoms with Gasteiger partial charge in [0.2, 0.25) is 11.8 Å². The highest BCUT2D eigenvalue weighted by Crippen LogP contribution is 2.28. The van der Waals surface area contributed by atoms with E-state index in [2.05, 4.69) is 10.6 Å². The molecule has 15 heteroatoms. The second-order valence-electron chi connectivity index (χ2n) is 12.4.